The van der Waals surface area contributed by atoms with Crippen molar-refractivity contribution in [2.75, 3.05) is 18.9 Å². The fourth-order valence-electron chi connectivity index (χ4n) is 1.98. The van der Waals surface area contributed by atoms with E-state index in [1.807, 2.05) is 13.0 Å². The highest BCUT2D eigenvalue weighted by molar-refractivity contribution is 5.77. The van der Waals surface area contributed by atoms with Gasteiger partial charge in [-0.1, -0.05) is 0 Å². The Morgan fingerprint density at radius 1 is 1.29 bits per heavy atom. The largest absolute Gasteiger partial charge is 0.486 e. The fraction of sp³-hybridized carbons (Fsp3) is 0.250. The van der Waals surface area contributed by atoms with E-state index < -0.39 is 0 Å². The van der Waals surface area contributed by atoms with Crippen LogP contribution >= 0.6 is 0 Å². The summed E-state index contributed by atoms with van der Waals surface area (Å²) in [6.45, 7) is 3.09. The zero-order chi connectivity index (χ0) is 11.8. The molecule has 0 bridgehead atoms. The highest BCUT2D eigenvalue weighted by atomic mass is 16.6. The molecule has 1 aromatic carbocycles. The molecule has 17 heavy (non-hydrogen) atoms. The van der Waals surface area contributed by atoms with E-state index >= 15 is 0 Å². The lowest BCUT2D eigenvalue weighted by Gasteiger charge is -2.21. The lowest BCUT2D eigenvalue weighted by atomic mass is 10.1. The van der Waals surface area contributed by atoms with Crippen molar-refractivity contribution in [1.82, 2.24) is 10.2 Å². The summed E-state index contributed by atoms with van der Waals surface area (Å²) in [6.07, 6.45) is 1.77. The van der Waals surface area contributed by atoms with Crippen LogP contribution in [0.4, 0.5) is 5.69 Å². The number of H-pyrrole nitrogens is 1. The van der Waals surface area contributed by atoms with Crippen LogP contribution in [0.5, 0.6) is 11.5 Å². The van der Waals surface area contributed by atoms with Gasteiger partial charge in [-0.25, -0.2) is 0 Å². The third kappa shape index (κ3) is 1.60. The predicted octanol–water partition coefficient (Wildman–Crippen LogP) is 1.74. The first-order valence-corrected chi connectivity index (χ1v) is 5.45. The van der Waals surface area contributed by atoms with Crippen LogP contribution in [0.25, 0.3) is 11.3 Å². The van der Waals surface area contributed by atoms with Crippen LogP contribution in [-0.2, 0) is 0 Å². The Kier molecular flexibility index (Phi) is 2.18. The predicted molar refractivity (Wildman–Crippen MR) is 64.2 cm³/mol. The number of rotatable bonds is 1. The van der Waals surface area contributed by atoms with E-state index in [-0.39, 0.29) is 0 Å². The number of hydrogen-bond donors (Lipinski definition) is 2. The Morgan fingerprint density at radius 3 is 2.88 bits per heavy atom. The average molecular weight is 231 g/mol. The van der Waals surface area contributed by atoms with E-state index in [1.54, 1.807) is 12.3 Å². The number of nitrogen functional groups attached to an aromatic ring is 1. The van der Waals surface area contributed by atoms with Gasteiger partial charge in [0.05, 0.1) is 11.9 Å². The van der Waals surface area contributed by atoms with Gasteiger partial charge in [0.2, 0.25) is 0 Å². The highest BCUT2D eigenvalue weighted by Gasteiger charge is 2.20. The van der Waals surface area contributed by atoms with Gasteiger partial charge in [0, 0.05) is 17.3 Å². The Bertz CT molecular complexity index is 563. The maximum Gasteiger partial charge on any atom is 0.170 e. The highest BCUT2D eigenvalue weighted by Crippen LogP contribution is 2.41. The maximum atomic E-state index is 5.87. The molecule has 1 aliphatic heterocycles. The van der Waals surface area contributed by atoms with Crippen LogP contribution in [0, 0.1) is 6.92 Å². The molecule has 3 N–H and O–H groups in total. The molecule has 0 saturated carbocycles. The first-order chi connectivity index (χ1) is 8.25. The number of aryl methyl sites for hydroxylation is 1. The number of nitrogens with one attached hydrogen (secondary N) is 1. The molecule has 0 aliphatic carbocycles. The van der Waals surface area contributed by atoms with Crippen molar-refractivity contribution in [2.24, 2.45) is 0 Å². The number of ether oxygens (including phenoxy) is 2. The molecular weight excluding hydrogens is 218 g/mol. The third-order valence-electron chi connectivity index (χ3n) is 2.76. The van der Waals surface area contributed by atoms with Crippen LogP contribution in [0.15, 0.2) is 18.3 Å². The van der Waals surface area contributed by atoms with Crippen LogP contribution in [-0.4, -0.2) is 23.4 Å². The number of nitrogens with zero attached hydrogens (tertiary/aromatic N) is 1. The van der Waals surface area contributed by atoms with Crippen LogP contribution in [0.2, 0.25) is 0 Å². The molecule has 0 fully saturated rings. The summed E-state index contributed by atoms with van der Waals surface area (Å²) >= 11 is 0. The Labute approximate surface area is 98.5 Å². The number of fused-ring (bicyclic) bond motifs is 1. The van der Waals surface area contributed by atoms with Crippen molar-refractivity contribution in [3.8, 4) is 22.8 Å². The Hall–Kier alpha value is -2.17. The minimum Gasteiger partial charge on any atom is -0.486 e. The standard InChI is InChI=1S/C12H13N3O2/c1-7-6-14-15-11(7)9-4-8(13)5-10-12(9)17-3-2-16-10/h4-6H,2-3,13H2,1H3,(H,14,15). The van der Waals surface area contributed by atoms with E-state index in [1.165, 1.54) is 0 Å². The molecule has 1 aliphatic rings. The molecule has 5 heteroatoms. The minimum atomic E-state index is 0.553. The smallest absolute Gasteiger partial charge is 0.170 e. The summed E-state index contributed by atoms with van der Waals surface area (Å²) in [5, 5.41) is 6.97. The monoisotopic (exact) mass is 231 g/mol. The van der Waals surface area contributed by atoms with Crippen molar-refractivity contribution < 1.29 is 9.47 Å². The molecule has 2 heterocycles. The van der Waals surface area contributed by atoms with Gasteiger partial charge in [-0.05, 0) is 18.6 Å². The molecule has 0 atom stereocenters. The first kappa shape index (κ1) is 10.0. The molecular formula is C12H13N3O2. The molecule has 0 unspecified atom stereocenters. The third-order valence-corrected chi connectivity index (χ3v) is 2.76. The van der Waals surface area contributed by atoms with E-state index in [4.69, 9.17) is 15.2 Å². The summed E-state index contributed by atoms with van der Waals surface area (Å²) < 4.78 is 11.2. The summed E-state index contributed by atoms with van der Waals surface area (Å²) in [6, 6.07) is 3.65. The lowest BCUT2D eigenvalue weighted by Crippen LogP contribution is -2.16. The first-order valence-electron chi connectivity index (χ1n) is 5.45. The van der Waals surface area contributed by atoms with Crippen molar-refractivity contribution in [1.29, 1.82) is 0 Å². The molecule has 2 aromatic rings. The fourth-order valence-corrected chi connectivity index (χ4v) is 1.98. The van der Waals surface area contributed by atoms with Gasteiger partial charge in [-0.2, -0.15) is 5.10 Å². The van der Waals surface area contributed by atoms with Gasteiger partial charge < -0.3 is 15.2 Å². The molecule has 3 rings (SSSR count). The molecule has 0 saturated heterocycles. The molecule has 1 aromatic heterocycles. The maximum absolute atomic E-state index is 5.87. The van der Waals surface area contributed by atoms with Crippen molar-refractivity contribution >= 4 is 5.69 Å². The summed E-state index contributed by atoms with van der Waals surface area (Å²) in [5.74, 6) is 1.43. The lowest BCUT2D eigenvalue weighted by molar-refractivity contribution is 0.172. The van der Waals surface area contributed by atoms with Crippen molar-refractivity contribution in [3.05, 3.63) is 23.9 Å². The van der Waals surface area contributed by atoms with Gasteiger partial charge in [-0.15, -0.1) is 0 Å². The normalized spacial score (nSPS) is 13.7. The number of hydrogen-bond acceptors (Lipinski definition) is 4. The number of anilines is 1. The van der Waals surface area contributed by atoms with Gasteiger partial charge in [0.25, 0.3) is 0 Å². The zero-order valence-electron chi connectivity index (χ0n) is 9.49. The van der Waals surface area contributed by atoms with Gasteiger partial charge in [-0.3, -0.25) is 5.10 Å². The van der Waals surface area contributed by atoms with Crippen LogP contribution in [0.1, 0.15) is 5.56 Å². The Morgan fingerprint density at radius 2 is 2.12 bits per heavy atom. The summed E-state index contributed by atoms with van der Waals surface area (Å²) in [7, 11) is 0. The minimum absolute atomic E-state index is 0.553. The van der Waals surface area contributed by atoms with E-state index in [2.05, 4.69) is 10.2 Å². The zero-order valence-corrected chi connectivity index (χ0v) is 9.49. The molecule has 0 radical (unpaired) electrons. The molecule has 0 amide bonds. The topological polar surface area (TPSA) is 73.2 Å². The second-order valence-corrected chi connectivity index (χ2v) is 4.02. The number of nitrogens with two attached hydrogens (primary N) is 1. The quantitative estimate of drug-likeness (QED) is 0.733. The molecule has 5 nitrogen and oxygen atoms in total. The summed E-state index contributed by atoms with van der Waals surface area (Å²) in [4.78, 5) is 0. The van der Waals surface area contributed by atoms with Gasteiger partial charge in [0.1, 0.15) is 13.2 Å². The number of benzene rings is 1. The summed E-state index contributed by atoms with van der Waals surface area (Å²) in [5.41, 5.74) is 9.38. The van der Waals surface area contributed by atoms with E-state index in [0.29, 0.717) is 24.7 Å². The van der Waals surface area contributed by atoms with Crippen molar-refractivity contribution in [2.45, 2.75) is 6.92 Å². The average Bonchev–Trinajstić information content (AvgIpc) is 2.74. The van der Waals surface area contributed by atoms with Gasteiger partial charge >= 0.3 is 0 Å². The molecule has 0 spiro atoms. The SMILES string of the molecule is Cc1cn[nH]c1-c1cc(N)cc2c1OCCO2. The number of aromatic amines is 1. The van der Waals surface area contributed by atoms with Crippen LogP contribution < -0.4 is 15.2 Å². The second-order valence-electron chi connectivity index (χ2n) is 4.02. The van der Waals surface area contributed by atoms with Crippen molar-refractivity contribution in [3.63, 3.8) is 0 Å². The van der Waals surface area contributed by atoms with E-state index in [9.17, 15) is 0 Å². The van der Waals surface area contributed by atoms with Gasteiger partial charge in [0.15, 0.2) is 11.5 Å². The number of aromatic nitrogens is 2. The Balaban J connectivity index is 2.22. The van der Waals surface area contributed by atoms with Crippen LogP contribution in [0.3, 0.4) is 0 Å². The van der Waals surface area contributed by atoms with E-state index in [0.717, 1.165) is 22.6 Å². The molecule has 88 valence electrons. The second kappa shape index (κ2) is 3.69.